The minimum atomic E-state index is 0.456. The normalized spacial score (nSPS) is 10.9. The summed E-state index contributed by atoms with van der Waals surface area (Å²) in [5, 5.41) is 0. The molecule has 2 aromatic heterocycles. The summed E-state index contributed by atoms with van der Waals surface area (Å²) >= 11 is 0. The van der Waals surface area contributed by atoms with E-state index in [9.17, 15) is 0 Å². The Bertz CT molecular complexity index is 991. The van der Waals surface area contributed by atoms with Gasteiger partial charge in [0.15, 0.2) is 5.82 Å². The summed E-state index contributed by atoms with van der Waals surface area (Å²) in [5.41, 5.74) is 10.9. The lowest BCUT2D eigenvalue weighted by atomic mass is 10.1. The fraction of sp³-hybridized carbons (Fsp3) is 0.0526. The largest absolute Gasteiger partial charge is 0.497 e. The number of hydrogen-bond acceptors (Lipinski definition) is 4. The van der Waals surface area contributed by atoms with Crippen molar-refractivity contribution < 1.29 is 4.74 Å². The molecule has 0 atom stereocenters. The van der Waals surface area contributed by atoms with E-state index in [0.717, 1.165) is 33.6 Å². The molecule has 4 aromatic rings. The second-order valence-corrected chi connectivity index (χ2v) is 5.43. The minimum Gasteiger partial charge on any atom is -0.497 e. The number of methoxy groups -OCH3 is 1. The Kier molecular flexibility index (Phi) is 3.39. The van der Waals surface area contributed by atoms with Crippen LogP contribution in [0.4, 0.5) is 5.82 Å². The van der Waals surface area contributed by atoms with E-state index in [2.05, 4.69) is 22.1 Å². The van der Waals surface area contributed by atoms with Crippen LogP contribution in [0, 0.1) is 0 Å². The first-order valence-electron chi connectivity index (χ1n) is 7.59. The smallest absolute Gasteiger partial charge is 0.151 e. The highest BCUT2D eigenvalue weighted by Crippen LogP contribution is 2.33. The van der Waals surface area contributed by atoms with E-state index in [4.69, 9.17) is 10.5 Å². The number of nitrogens with two attached hydrogens (primary N) is 1. The van der Waals surface area contributed by atoms with E-state index in [1.165, 1.54) is 6.33 Å². The monoisotopic (exact) mass is 316 g/mol. The number of nitrogens with zero attached hydrogens (tertiary/aromatic N) is 3. The van der Waals surface area contributed by atoms with E-state index >= 15 is 0 Å². The Morgan fingerprint density at radius 1 is 0.958 bits per heavy atom. The van der Waals surface area contributed by atoms with Crippen molar-refractivity contribution in [1.82, 2.24) is 14.5 Å². The van der Waals surface area contributed by atoms with E-state index < -0.39 is 0 Å². The Morgan fingerprint density at radius 3 is 2.42 bits per heavy atom. The number of fused-ring (bicyclic) bond motifs is 1. The molecule has 0 unspecified atom stereocenters. The van der Waals surface area contributed by atoms with Gasteiger partial charge in [0.2, 0.25) is 0 Å². The zero-order chi connectivity index (χ0) is 16.5. The van der Waals surface area contributed by atoms with E-state index in [-0.39, 0.29) is 0 Å². The summed E-state index contributed by atoms with van der Waals surface area (Å²) in [5.74, 6) is 1.26. The van der Waals surface area contributed by atoms with Gasteiger partial charge in [-0.1, -0.05) is 30.3 Å². The van der Waals surface area contributed by atoms with Gasteiger partial charge in [-0.2, -0.15) is 0 Å². The van der Waals surface area contributed by atoms with Gasteiger partial charge in [-0.25, -0.2) is 9.97 Å². The van der Waals surface area contributed by atoms with Crippen LogP contribution in [-0.4, -0.2) is 21.6 Å². The molecule has 118 valence electrons. The molecule has 5 heteroatoms. The average Bonchev–Trinajstić information content (AvgIpc) is 3.04. The van der Waals surface area contributed by atoms with Gasteiger partial charge in [0.1, 0.15) is 23.1 Å². The number of benzene rings is 2. The first-order valence-corrected chi connectivity index (χ1v) is 7.59. The zero-order valence-electron chi connectivity index (χ0n) is 13.2. The molecule has 2 aromatic carbocycles. The molecular weight excluding hydrogens is 300 g/mol. The zero-order valence-corrected chi connectivity index (χ0v) is 13.2. The quantitative estimate of drug-likeness (QED) is 0.626. The van der Waals surface area contributed by atoms with Crippen molar-refractivity contribution in [2.45, 2.75) is 0 Å². The lowest BCUT2D eigenvalue weighted by Gasteiger charge is -2.07. The highest BCUT2D eigenvalue weighted by Gasteiger charge is 2.15. The molecule has 0 aliphatic rings. The fourth-order valence-electron chi connectivity index (χ4n) is 2.86. The van der Waals surface area contributed by atoms with Crippen LogP contribution in [0.2, 0.25) is 0 Å². The molecule has 0 radical (unpaired) electrons. The van der Waals surface area contributed by atoms with E-state index in [1.807, 2.05) is 53.2 Å². The van der Waals surface area contributed by atoms with Gasteiger partial charge in [-0.15, -0.1) is 0 Å². The third-order valence-electron chi connectivity index (χ3n) is 4.04. The maximum absolute atomic E-state index is 6.15. The van der Waals surface area contributed by atoms with Crippen molar-refractivity contribution in [3.8, 4) is 22.6 Å². The van der Waals surface area contributed by atoms with Crippen LogP contribution < -0.4 is 10.5 Å². The van der Waals surface area contributed by atoms with Gasteiger partial charge in [0.25, 0.3) is 0 Å². The number of rotatable bonds is 3. The average molecular weight is 316 g/mol. The maximum atomic E-state index is 6.15. The molecule has 0 aliphatic heterocycles. The summed E-state index contributed by atoms with van der Waals surface area (Å²) in [6.45, 7) is 0. The minimum absolute atomic E-state index is 0.456. The standard InChI is InChI=1S/C19H16N4O/c1-24-15-9-7-14(8-10-15)23-11-16(13-5-3-2-4-6-13)17-18(23)19(20)22-12-21-17/h2-12H,1H3,(H2,20,21,22). The van der Waals surface area contributed by atoms with Crippen molar-refractivity contribution in [3.63, 3.8) is 0 Å². The molecule has 0 spiro atoms. The molecule has 0 saturated heterocycles. The van der Waals surface area contributed by atoms with Crippen molar-refractivity contribution in [2.75, 3.05) is 12.8 Å². The third-order valence-corrected chi connectivity index (χ3v) is 4.04. The molecule has 4 rings (SSSR count). The highest BCUT2D eigenvalue weighted by atomic mass is 16.5. The van der Waals surface area contributed by atoms with Crippen LogP contribution in [0.15, 0.2) is 67.1 Å². The van der Waals surface area contributed by atoms with E-state index in [1.54, 1.807) is 7.11 Å². The van der Waals surface area contributed by atoms with Gasteiger partial charge < -0.3 is 15.0 Å². The molecule has 0 saturated carbocycles. The molecule has 0 amide bonds. The summed E-state index contributed by atoms with van der Waals surface area (Å²) in [6.07, 6.45) is 3.55. The highest BCUT2D eigenvalue weighted by molar-refractivity contribution is 5.98. The SMILES string of the molecule is COc1ccc(-n2cc(-c3ccccc3)c3ncnc(N)c32)cc1. The van der Waals surface area contributed by atoms with Crippen molar-refractivity contribution in [1.29, 1.82) is 0 Å². The summed E-state index contributed by atoms with van der Waals surface area (Å²) < 4.78 is 7.25. The van der Waals surface area contributed by atoms with Crippen molar-refractivity contribution in [2.24, 2.45) is 0 Å². The summed E-state index contributed by atoms with van der Waals surface area (Å²) in [6, 6.07) is 17.9. The topological polar surface area (TPSA) is 66.0 Å². The second kappa shape index (κ2) is 5.70. The molecular formula is C19H16N4O. The lowest BCUT2D eigenvalue weighted by Crippen LogP contribution is -1.98. The molecule has 0 aliphatic carbocycles. The first kappa shape index (κ1) is 14.3. The van der Waals surface area contributed by atoms with Crippen LogP contribution in [0.5, 0.6) is 5.75 Å². The number of aromatic nitrogens is 3. The van der Waals surface area contributed by atoms with Gasteiger partial charge in [0, 0.05) is 17.4 Å². The van der Waals surface area contributed by atoms with E-state index in [0.29, 0.717) is 5.82 Å². The predicted molar refractivity (Wildman–Crippen MR) is 95.3 cm³/mol. The number of ether oxygens (including phenoxy) is 1. The number of anilines is 1. The predicted octanol–water partition coefficient (Wildman–Crippen LogP) is 3.68. The van der Waals surface area contributed by atoms with Gasteiger partial charge in [-0.3, -0.25) is 0 Å². The molecule has 2 N–H and O–H groups in total. The van der Waals surface area contributed by atoms with Gasteiger partial charge >= 0.3 is 0 Å². The Morgan fingerprint density at radius 2 is 1.71 bits per heavy atom. The number of hydrogen-bond donors (Lipinski definition) is 1. The maximum Gasteiger partial charge on any atom is 0.151 e. The van der Waals surface area contributed by atoms with Crippen LogP contribution in [-0.2, 0) is 0 Å². The van der Waals surface area contributed by atoms with Crippen LogP contribution in [0.3, 0.4) is 0 Å². The lowest BCUT2D eigenvalue weighted by molar-refractivity contribution is 0.415. The second-order valence-electron chi connectivity index (χ2n) is 5.43. The Balaban J connectivity index is 1.98. The fourth-order valence-corrected chi connectivity index (χ4v) is 2.86. The molecule has 5 nitrogen and oxygen atoms in total. The van der Waals surface area contributed by atoms with Crippen molar-refractivity contribution in [3.05, 3.63) is 67.1 Å². The molecule has 0 bridgehead atoms. The van der Waals surface area contributed by atoms with Crippen LogP contribution >= 0.6 is 0 Å². The first-order chi connectivity index (χ1) is 11.8. The Hall–Kier alpha value is -3.34. The van der Waals surface area contributed by atoms with Crippen LogP contribution in [0.1, 0.15) is 0 Å². The van der Waals surface area contributed by atoms with Gasteiger partial charge in [0.05, 0.1) is 7.11 Å². The molecule has 24 heavy (non-hydrogen) atoms. The molecule has 2 heterocycles. The number of nitrogen functional groups attached to an aromatic ring is 1. The molecule has 0 fully saturated rings. The Labute approximate surface area is 139 Å². The van der Waals surface area contributed by atoms with Crippen LogP contribution in [0.25, 0.3) is 27.8 Å². The summed E-state index contributed by atoms with van der Waals surface area (Å²) in [4.78, 5) is 8.62. The third kappa shape index (κ3) is 2.27. The summed E-state index contributed by atoms with van der Waals surface area (Å²) in [7, 11) is 1.65. The van der Waals surface area contributed by atoms with Gasteiger partial charge in [-0.05, 0) is 29.8 Å². The van der Waals surface area contributed by atoms with Crippen molar-refractivity contribution >= 4 is 16.9 Å².